The first kappa shape index (κ1) is 13.9. The first-order valence-electron chi connectivity index (χ1n) is 6.76. The van der Waals surface area contributed by atoms with Crippen LogP contribution in [0.5, 0.6) is 0 Å². The highest BCUT2D eigenvalue weighted by molar-refractivity contribution is 7.99. The van der Waals surface area contributed by atoms with E-state index < -0.39 is 0 Å². The molecule has 100 valence electrons. The van der Waals surface area contributed by atoms with E-state index in [1.165, 1.54) is 22.6 Å². The first-order chi connectivity index (χ1) is 8.61. The molecule has 18 heavy (non-hydrogen) atoms. The van der Waals surface area contributed by atoms with Crippen molar-refractivity contribution in [3.8, 4) is 0 Å². The quantitative estimate of drug-likeness (QED) is 0.910. The van der Waals surface area contributed by atoms with Gasteiger partial charge in [-0.05, 0) is 31.9 Å². The predicted molar refractivity (Wildman–Crippen MR) is 81.1 cm³/mol. The highest BCUT2D eigenvalue weighted by atomic mass is 32.2. The molecule has 1 aromatic carbocycles. The van der Waals surface area contributed by atoms with Crippen LogP contribution >= 0.6 is 11.8 Å². The van der Waals surface area contributed by atoms with Gasteiger partial charge in [-0.2, -0.15) is 11.8 Å². The molecule has 0 radical (unpaired) electrons. The van der Waals surface area contributed by atoms with Gasteiger partial charge in [-0.25, -0.2) is 0 Å². The van der Waals surface area contributed by atoms with Gasteiger partial charge in [0.15, 0.2) is 0 Å². The van der Waals surface area contributed by atoms with Crippen LogP contribution in [0.2, 0.25) is 0 Å². The van der Waals surface area contributed by atoms with Gasteiger partial charge in [0.2, 0.25) is 0 Å². The molecule has 2 N–H and O–H groups in total. The highest BCUT2D eigenvalue weighted by Crippen LogP contribution is 2.31. The van der Waals surface area contributed by atoms with Gasteiger partial charge >= 0.3 is 0 Å². The van der Waals surface area contributed by atoms with Crippen LogP contribution in [0.15, 0.2) is 24.3 Å². The number of thioether (sulfide) groups is 1. The van der Waals surface area contributed by atoms with Gasteiger partial charge in [0.25, 0.3) is 0 Å². The molecule has 0 aliphatic carbocycles. The van der Waals surface area contributed by atoms with Gasteiger partial charge in [0.1, 0.15) is 0 Å². The fraction of sp³-hybridized carbons (Fsp3) is 0.600. The fourth-order valence-electron chi connectivity index (χ4n) is 2.84. The molecule has 0 saturated carbocycles. The van der Waals surface area contributed by atoms with Gasteiger partial charge in [0.05, 0.1) is 6.04 Å². The summed E-state index contributed by atoms with van der Waals surface area (Å²) in [5.41, 5.74) is 9.03. The molecule has 1 heterocycles. The molecule has 2 rings (SSSR count). The Hall–Kier alpha value is -0.510. The maximum absolute atomic E-state index is 6.28. The molecule has 0 spiro atoms. The Morgan fingerprint density at radius 3 is 2.72 bits per heavy atom. The minimum Gasteiger partial charge on any atom is -0.326 e. The van der Waals surface area contributed by atoms with E-state index in [4.69, 9.17) is 5.73 Å². The van der Waals surface area contributed by atoms with Crippen LogP contribution in [0.4, 0.5) is 0 Å². The molecule has 1 fully saturated rings. The van der Waals surface area contributed by atoms with Crippen LogP contribution in [0, 0.1) is 6.92 Å². The van der Waals surface area contributed by atoms with Crippen molar-refractivity contribution in [1.29, 1.82) is 0 Å². The molecule has 1 aliphatic heterocycles. The lowest BCUT2D eigenvalue weighted by atomic mass is 9.94. The van der Waals surface area contributed by atoms with Crippen LogP contribution in [-0.2, 0) is 0 Å². The van der Waals surface area contributed by atoms with E-state index in [0.29, 0.717) is 12.1 Å². The first-order valence-corrected chi connectivity index (χ1v) is 7.91. The third kappa shape index (κ3) is 2.90. The summed E-state index contributed by atoms with van der Waals surface area (Å²) in [6.45, 7) is 7.78. The zero-order valence-electron chi connectivity index (χ0n) is 11.6. The standard InChI is InChI=1S/C15H24N2S/c1-11-6-4-5-7-14(11)15(13(3)16)17-8-9-18-10-12(17)2/h4-7,12-13,15H,8-10,16H2,1-3H3. The molecule has 0 aromatic heterocycles. The zero-order valence-corrected chi connectivity index (χ0v) is 12.4. The Balaban J connectivity index is 2.31. The molecule has 1 saturated heterocycles. The normalized spacial score (nSPS) is 24.8. The monoisotopic (exact) mass is 264 g/mol. The van der Waals surface area contributed by atoms with Crippen molar-refractivity contribution < 1.29 is 0 Å². The van der Waals surface area contributed by atoms with Gasteiger partial charge in [-0.1, -0.05) is 24.3 Å². The lowest BCUT2D eigenvalue weighted by molar-refractivity contribution is 0.143. The van der Waals surface area contributed by atoms with Crippen LogP contribution in [0.3, 0.4) is 0 Å². The second-order valence-electron chi connectivity index (χ2n) is 5.32. The molecule has 0 amide bonds. The number of aryl methyl sites for hydroxylation is 1. The van der Waals surface area contributed by atoms with Crippen LogP contribution < -0.4 is 5.73 Å². The molecule has 2 nitrogen and oxygen atoms in total. The van der Waals surface area contributed by atoms with E-state index in [0.717, 1.165) is 6.54 Å². The number of nitrogens with two attached hydrogens (primary N) is 1. The predicted octanol–water partition coefficient (Wildman–Crippen LogP) is 2.82. The van der Waals surface area contributed by atoms with Crippen molar-refractivity contribution in [3.63, 3.8) is 0 Å². The molecule has 3 heteroatoms. The van der Waals surface area contributed by atoms with E-state index in [1.54, 1.807) is 0 Å². The fourth-order valence-corrected chi connectivity index (χ4v) is 3.87. The topological polar surface area (TPSA) is 29.3 Å². The molecule has 3 atom stereocenters. The molecule has 3 unspecified atom stereocenters. The van der Waals surface area contributed by atoms with E-state index in [-0.39, 0.29) is 6.04 Å². The molecule has 1 aliphatic rings. The van der Waals surface area contributed by atoms with Crippen molar-refractivity contribution in [3.05, 3.63) is 35.4 Å². The lowest BCUT2D eigenvalue weighted by Gasteiger charge is -2.42. The molecule has 1 aromatic rings. The SMILES string of the molecule is Cc1ccccc1C(C(C)N)N1CCSCC1C. The Morgan fingerprint density at radius 2 is 2.11 bits per heavy atom. The van der Waals surface area contributed by atoms with E-state index in [2.05, 4.69) is 61.7 Å². The summed E-state index contributed by atoms with van der Waals surface area (Å²) in [6.07, 6.45) is 0. The van der Waals surface area contributed by atoms with Crippen LogP contribution in [0.25, 0.3) is 0 Å². The summed E-state index contributed by atoms with van der Waals surface area (Å²) in [5.74, 6) is 2.44. The summed E-state index contributed by atoms with van der Waals surface area (Å²) in [7, 11) is 0. The molecular formula is C15H24N2S. The van der Waals surface area contributed by atoms with Gasteiger partial charge in [-0.15, -0.1) is 0 Å². The van der Waals surface area contributed by atoms with Gasteiger partial charge in [-0.3, -0.25) is 4.90 Å². The van der Waals surface area contributed by atoms with Crippen molar-refractivity contribution >= 4 is 11.8 Å². The van der Waals surface area contributed by atoms with Crippen molar-refractivity contribution in [2.45, 2.75) is 38.9 Å². The number of rotatable bonds is 3. The third-order valence-electron chi connectivity index (χ3n) is 3.78. The largest absolute Gasteiger partial charge is 0.326 e. The smallest absolute Gasteiger partial charge is 0.0502 e. The van der Waals surface area contributed by atoms with E-state index in [9.17, 15) is 0 Å². The second kappa shape index (κ2) is 6.09. The number of hydrogen-bond acceptors (Lipinski definition) is 3. The van der Waals surface area contributed by atoms with E-state index >= 15 is 0 Å². The minimum atomic E-state index is 0.164. The highest BCUT2D eigenvalue weighted by Gasteiger charge is 2.30. The third-order valence-corrected chi connectivity index (χ3v) is 4.97. The number of nitrogens with zero attached hydrogens (tertiary/aromatic N) is 1. The Kier molecular flexibility index (Phi) is 4.71. The second-order valence-corrected chi connectivity index (χ2v) is 6.47. The summed E-state index contributed by atoms with van der Waals surface area (Å²) >= 11 is 2.05. The van der Waals surface area contributed by atoms with Gasteiger partial charge < -0.3 is 5.73 Å². The maximum Gasteiger partial charge on any atom is 0.0502 e. The summed E-state index contributed by atoms with van der Waals surface area (Å²) < 4.78 is 0. The Bertz CT molecular complexity index is 392. The lowest BCUT2D eigenvalue weighted by Crippen LogP contribution is -2.48. The summed E-state index contributed by atoms with van der Waals surface area (Å²) in [5, 5.41) is 0. The number of benzene rings is 1. The van der Waals surface area contributed by atoms with Crippen molar-refractivity contribution in [1.82, 2.24) is 4.90 Å². The van der Waals surface area contributed by atoms with E-state index in [1.807, 2.05) is 0 Å². The molecule has 0 bridgehead atoms. The number of hydrogen-bond donors (Lipinski definition) is 1. The van der Waals surface area contributed by atoms with Crippen LogP contribution in [0.1, 0.15) is 31.0 Å². The van der Waals surface area contributed by atoms with Crippen molar-refractivity contribution in [2.75, 3.05) is 18.1 Å². The Morgan fingerprint density at radius 1 is 1.39 bits per heavy atom. The average Bonchev–Trinajstić information content (AvgIpc) is 2.34. The average molecular weight is 264 g/mol. The summed E-state index contributed by atoms with van der Waals surface area (Å²) in [6, 6.07) is 9.78. The van der Waals surface area contributed by atoms with Gasteiger partial charge in [0, 0.05) is 30.1 Å². The molecular weight excluding hydrogens is 240 g/mol. The Labute approximate surface area is 115 Å². The van der Waals surface area contributed by atoms with Crippen LogP contribution in [-0.4, -0.2) is 35.0 Å². The van der Waals surface area contributed by atoms with Crippen molar-refractivity contribution in [2.24, 2.45) is 5.73 Å². The maximum atomic E-state index is 6.28. The minimum absolute atomic E-state index is 0.164. The zero-order chi connectivity index (χ0) is 13.1. The summed E-state index contributed by atoms with van der Waals surface area (Å²) in [4.78, 5) is 2.59.